The summed E-state index contributed by atoms with van der Waals surface area (Å²) in [6.07, 6.45) is 2.89. The molecule has 1 N–H and O–H groups in total. The minimum Gasteiger partial charge on any atom is -0.479 e. The molecule has 94 valence electrons. The minimum absolute atomic E-state index is 0.349. The molecule has 18 heavy (non-hydrogen) atoms. The Morgan fingerprint density at radius 2 is 2.17 bits per heavy atom. The van der Waals surface area contributed by atoms with E-state index in [0.29, 0.717) is 17.0 Å². The summed E-state index contributed by atoms with van der Waals surface area (Å²) >= 11 is 0. The fourth-order valence-corrected chi connectivity index (χ4v) is 1.55. The van der Waals surface area contributed by atoms with Gasteiger partial charge in [-0.2, -0.15) is 0 Å². The fraction of sp³-hybridized carbons (Fsp3) is 0.167. The minimum atomic E-state index is -0.495. The number of benzene rings is 1. The Morgan fingerprint density at radius 3 is 2.72 bits per heavy atom. The summed E-state index contributed by atoms with van der Waals surface area (Å²) in [7, 11) is 1.48. The molecular formula is C12H12FN3O2. The topological polar surface area (TPSA) is 59.6 Å². The average molecular weight is 249 g/mol. The highest BCUT2D eigenvalue weighted by atomic mass is 19.1. The molecule has 0 unspecified atom stereocenters. The van der Waals surface area contributed by atoms with Gasteiger partial charge in [0.25, 0.3) is 0 Å². The van der Waals surface area contributed by atoms with Gasteiger partial charge in [-0.1, -0.05) is 17.3 Å². The number of halogens is 1. The molecule has 0 saturated carbocycles. The van der Waals surface area contributed by atoms with E-state index in [1.807, 2.05) is 0 Å². The lowest BCUT2D eigenvalue weighted by Gasteiger charge is -2.01. The number of nitrogens with zero attached hydrogens (tertiary/aromatic N) is 3. The number of hydrogen-bond acceptors (Lipinski definition) is 4. The first kappa shape index (κ1) is 12.1. The Hall–Kier alpha value is -2.37. The lowest BCUT2D eigenvalue weighted by molar-refractivity contribution is 0.321. The molecule has 5 nitrogen and oxygen atoms in total. The third kappa shape index (κ3) is 2.32. The van der Waals surface area contributed by atoms with E-state index < -0.39 is 6.67 Å². The van der Waals surface area contributed by atoms with Gasteiger partial charge in [0.1, 0.15) is 6.67 Å². The van der Waals surface area contributed by atoms with Crippen LogP contribution in [0.5, 0.6) is 5.88 Å². The Bertz CT molecular complexity index is 549. The first-order valence-corrected chi connectivity index (χ1v) is 5.25. The largest absolute Gasteiger partial charge is 0.479 e. The second-order valence-corrected chi connectivity index (χ2v) is 3.58. The van der Waals surface area contributed by atoms with Crippen molar-refractivity contribution in [3.8, 4) is 11.6 Å². The molecule has 0 spiro atoms. The molecular weight excluding hydrogens is 237 g/mol. The van der Waals surface area contributed by atoms with E-state index in [0.717, 1.165) is 5.69 Å². The molecule has 1 aromatic carbocycles. The molecule has 2 aromatic rings. The summed E-state index contributed by atoms with van der Waals surface area (Å²) in [5.74, 6) is 0.349. The quantitative estimate of drug-likeness (QED) is 0.513. The van der Waals surface area contributed by atoms with Crippen LogP contribution in [-0.2, 0) is 6.67 Å². The molecule has 0 fully saturated rings. The predicted octanol–water partition coefficient (Wildman–Crippen LogP) is 2.16. The van der Waals surface area contributed by atoms with Crippen LogP contribution in [-0.4, -0.2) is 28.3 Å². The molecule has 0 amide bonds. The number of methoxy groups -OCH3 is 1. The van der Waals surface area contributed by atoms with Gasteiger partial charge in [-0.05, 0) is 17.7 Å². The maximum atomic E-state index is 12.4. The van der Waals surface area contributed by atoms with E-state index >= 15 is 0 Å². The van der Waals surface area contributed by atoms with Gasteiger partial charge in [-0.15, -0.1) is 5.10 Å². The first-order valence-electron chi connectivity index (χ1n) is 5.25. The molecule has 0 atom stereocenters. The van der Waals surface area contributed by atoms with E-state index in [4.69, 9.17) is 9.94 Å². The van der Waals surface area contributed by atoms with Crippen LogP contribution in [0.1, 0.15) is 11.1 Å². The van der Waals surface area contributed by atoms with E-state index in [2.05, 4.69) is 10.3 Å². The van der Waals surface area contributed by atoms with Crippen molar-refractivity contribution in [2.24, 2.45) is 5.16 Å². The normalized spacial score (nSPS) is 11.0. The third-order valence-electron chi connectivity index (χ3n) is 2.45. The monoisotopic (exact) mass is 249 g/mol. The Labute approximate surface area is 103 Å². The van der Waals surface area contributed by atoms with Crippen molar-refractivity contribution in [1.82, 2.24) is 9.78 Å². The highest BCUT2D eigenvalue weighted by molar-refractivity contribution is 5.82. The zero-order valence-electron chi connectivity index (χ0n) is 9.75. The molecule has 2 rings (SSSR count). The van der Waals surface area contributed by atoms with Crippen LogP contribution >= 0.6 is 0 Å². The number of oxime groups is 1. The number of hydrogen-bond donors (Lipinski definition) is 1. The van der Waals surface area contributed by atoms with E-state index in [-0.39, 0.29) is 0 Å². The van der Waals surface area contributed by atoms with Crippen molar-refractivity contribution in [2.45, 2.75) is 6.67 Å². The number of alkyl halides is 1. The molecule has 6 heteroatoms. The van der Waals surface area contributed by atoms with E-state index in [1.54, 1.807) is 35.1 Å². The van der Waals surface area contributed by atoms with Crippen LogP contribution in [0.2, 0.25) is 0 Å². The van der Waals surface area contributed by atoms with Crippen LogP contribution in [0.4, 0.5) is 4.39 Å². The van der Waals surface area contributed by atoms with E-state index in [9.17, 15) is 4.39 Å². The van der Waals surface area contributed by atoms with Crippen molar-refractivity contribution in [3.05, 3.63) is 41.6 Å². The van der Waals surface area contributed by atoms with Crippen LogP contribution < -0.4 is 4.74 Å². The van der Waals surface area contributed by atoms with Crippen molar-refractivity contribution in [3.63, 3.8) is 0 Å². The molecule has 0 bridgehead atoms. The molecule has 1 heterocycles. The van der Waals surface area contributed by atoms with Crippen LogP contribution in [0.25, 0.3) is 5.69 Å². The van der Waals surface area contributed by atoms with Gasteiger partial charge in [0, 0.05) is 6.20 Å². The predicted molar refractivity (Wildman–Crippen MR) is 64.3 cm³/mol. The van der Waals surface area contributed by atoms with Crippen molar-refractivity contribution >= 4 is 6.21 Å². The lowest BCUT2D eigenvalue weighted by Crippen LogP contribution is -1.95. The smallest absolute Gasteiger partial charge is 0.242 e. The highest BCUT2D eigenvalue weighted by Crippen LogP contribution is 2.17. The van der Waals surface area contributed by atoms with E-state index in [1.165, 1.54) is 13.3 Å². The first-order chi connectivity index (χ1) is 8.78. The van der Waals surface area contributed by atoms with Crippen molar-refractivity contribution in [1.29, 1.82) is 0 Å². The van der Waals surface area contributed by atoms with Gasteiger partial charge in [-0.25, -0.2) is 9.07 Å². The number of rotatable bonds is 4. The zero-order chi connectivity index (χ0) is 13.0. The SMILES string of the molecule is COc1nn(-c2ccc(CF)cc2)cc1/C=N/O. The lowest BCUT2D eigenvalue weighted by atomic mass is 10.2. The zero-order valence-corrected chi connectivity index (χ0v) is 9.75. The third-order valence-corrected chi connectivity index (χ3v) is 2.45. The molecule has 0 aliphatic rings. The molecule has 0 radical (unpaired) electrons. The Kier molecular flexibility index (Phi) is 3.57. The maximum Gasteiger partial charge on any atom is 0.242 e. The summed E-state index contributed by atoms with van der Waals surface area (Å²) in [6.45, 7) is -0.495. The van der Waals surface area contributed by atoms with Crippen molar-refractivity contribution < 1.29 is 14.3 Å². The van der Waals surface area contributed by atoms with Crippen molar-refractivity contribution in [2.75, 3.05) is 7.11 Å². The molecule has 0 aliphatic carbocycles. The number of aromatic nitrogens is 2. The molecule has 0 aliphatic heterocycles. The second kappa shape index (κ2) is 5.31. The van der Waals surface area contributed by atoms with Crippen LogP contribution in [0.15, 0.2) is 35.6 Å². The van der Waals surface area contributed by atoms with Gasteiger partial charge < -0.3 is 9.94 Å². The van der Waals surface area contributed by atoms with Gasteiger partial charge in [0.2, 0.25) is 5.88 Å². The summed E-state index contributed by atoms with van der Waals surface area (Å²) < 4.78 is 19.0. The second-order valence-electron chi connectivity index (χ2n) is 3.58. The Balaban J connectivity index is 2.37. The fourth-order valence-electron chi connectivity index (χ4n) is 1.55. The van der Waals surface area contributed by atoms with Gasteiger partial charge in [-0.3, -0.25) is 0 Å². The number of ether oxygens (including phenoxy) is 1. The summed E-state index contributed by atoms with van der Waals surface area (Å²) in [4.78, 5) is 0. The van der Waals surface area contributed by atoms with Gasteiger partial charge >= 0.3 is 0 Å². The highest BCUT2D eigenvalue weighted by Gasteiger charge is 2.08. The van der Waals surface area contributed by atoms with Gasteiger partial charge in [0.15, 0.2) is 0 Å². The summed E-state index contributed by atoms with van der Waals surface area (Å²) in [5.41, 5.74) is 1.92. The standard InChI is InChI=1S/C12H12FN3O2/c1-18-12-10(7-14-17)8-16(15-12)11-4-2-9(6-13)3-5-11/h2-5,7-8,17H,6H2,1H3/b14-7+. The van der Waals surface area contributed by atoms with Gasteiger partial charge in [0.05, 0.1) is 24.6 Å². The van der Waals surface area contributed by atoms with Crippen LogP contribution in [0, 0.1) is 0 Å². The average Bonchev–Trinajstić information content (AvgIpc) is 2.82. The molecule has 0 saturated heterocycles. The molecule has 1 aromatic heterocycles. The summed E-state index contributed by atoms with van der Waals surface area (Å²) in [6, 6.07) is 6.87. The maximum absolute atomic E-state index is 12.4. The summed E-state index contributed by atoms with van der Waals surface area (Å²) in [5, 5.41) is 15.6. The Morgan fingerprint density at radius 1 is 1.44 bits per heavy atom. The van der Waals surface area contributed by atoms with Crippen LogP contribution in [0.3, 0.4) is 0 Å².